The van der Waals surface area contributed by atoms with Gasteiger partial charge in [-0.25, -0.2) is 4.79 Å². The van der Waals surface area contributed by atoms with Crippen molar-refractivity contribution in [2.45, 2.75) is 25.8 Å². The highest BCUT2D eigenvalue weighted by molar-refractivity contribution is 5.87. The Morgan fingerprint density at radius 1 is 1.08 bits per heavy atom. The molecular formula is C19H23N3O3. The number of carbonyl (C=O) groups excluding carboxylic acids is 2. The summed E-state index contributed by atoms with van der Waals surface area (Å²) in [4.78, 5) is 22.9. The Kier molecular flexibility index (Phi) is 6.39. The average Bonchev–Trinajstić information content (AvgIpc) is 2.60. The minimum Gasteiger partial charge on any atom is -0.497 e. The number of primary amides is 1. The van der Waals surface area contributed by atoms with Gasteiger partial charge in [-0.1, -0.05) is 24.3 Å². The van der Waals surface area contributed by atoms with Crippen molar-refractivity contribution in [1.82, 2.24) is 5.32 Å². The van der Waals surface area contributed by atoms with Gasteiger partial charge in [0.15, 0.2) is 0 Å². The molecule has 6 nitrogen and oxygen atoms in total. The summed E-state index contributed by atoms with van der Waals surface area (Å²) in [7, 11) is 1.63. The van der Waals surface area contributed by atoms with Crippen LogP contribution in [0.3, 0.4) is 0 Å². The quantitative estimate of drug-likeness (QED) is 0.722. The van der Waals surface area contributed by atoms with Crippen LogP contribution in [0.4, 0.5) is 10.5 Å². The van der Waals surface area contributed by atoms with Gasteiger partial charge in [0.2, 0.25) is 5.91 Å². The number of rotatable bonds is 7. The smallest absolute Gasteiger partial charge is 0.316 e. The summed E-state index contributed by atoms with van der Waals surface area (Å²) < 4.78 is 5.12. The summed E-state index contributed by atoms with van der Waals surface area (Å²) in [5.74, 6) is 0.791. The number of methoxy groups -OCH3 is 1. The number of nitrogens with one attached hydrogen (secondary N) is 2. The molecule has 0 fully saturated rings. The monoisotopic (exact) mass is 341 g/mol. The number of carbonyl (C=O) groups is 2. The van der Waals surface area contributed by atoms with Gasteiger partial charge in [-0.3, -0.25) is 4.79 Å². The highest BCUT2D eigenvalue weighted by Gasteiger charge is 2.10. The van der Waals surface area contributed by atoms with E-state index in [4.69, 9.17) is 10.5 Å². The number of hydrogen-bond acceptors (Lipinski definition) is 3. The molecule has 3 amide bonds. The van der Waals surface area contributed by atoms with Crippen LogP contribution < -0.4 is 21.1 Å². The fourth-order valence-corrected chi connectivity index (χ4v) is 2.44. The van der Waals surface area contributed by atoms with E-state index in [2.05, 4.69) is 10.6 Å². The van der Waals surface area contributed by atoms with Crippen molar-refractivity contribution in [3.63, 3.8) is 0 Å². The van der Waals surface area contributed by atoms with E-state index < -0.39 is 6.03 Å². The Labute approximate surface area is 147 Å². The molecule has 2 aromatic rings. The van der Waals surface area contributed by atoms with Gasteiger partial charge in [0.05, 0.1) is 13.2 Å². The number of anilines is 1. The highest BCUT2D eigenvalue weighted by atomic mass is 16.5. The third-order valence-electron chi connectivity index (χ3n) is 3.86. The van der Waals surface area contributed by atoms with Crippen molar-refractivity contribution in [3.05, 3.63) is 59.7 Å². The minimum atomic E-state index is -0.604. The molecule has 0 aromatic heterocycles. The second-order valence-corrected chi connectivity index (χ2v) is 5.75. The summed E-state index contributed by atoms with van der Waals surface area (Å²) in [6, 6.07) is 14.2. The molecular weight excluding hydrogens is 318 g/mol. The predicted octanol–water partition coefficient (Wildman–Crippen LogP) is 3.00. The number of aryl methyl sites for hydroxylation is 1. The molecule has 0 spiro atoms. The molecule has 4 N–H and O–H groups in total. The van der Waals surface area contributed by atoms with Crippen LogP contribution >= 0.6 is 0 Å². The summed E-state index contributed by atoms with van der Waals surface area (Å²) in [5, 5.41) is 5.47. The largest absolute Gasteiger partial charge is 0.497 e. The maximum absolute atomic E-state index is 12.1. The predicted molar refractivity (Wildman–Crippen MR) is 97.5 cm³/mol. The zero-order chi connectivity index (χ0) is 18.2. The Bertz CT molecular complexity index is 712. The summed E-state index contributed by atoms with van der Waals surface area (Å²) >= 11 is 0. The summed E-state index contributed by atoms with van der Waals surface area (Å²) in [5.41, 5.74) is 7.73. The molecule has 0 heterocycles. The van der Waals surface area contributed by atoms with E-state index in [1.54, 1.807) is 19.2 Å². The summed E-state index contributed by atoms with van der Waals surface area (Å²) in [6.07, 6.45) is 1.09. The van der Waals surface area contributed by atoms with Gasteiger partial charge in [0.1, 0.15) is 5.75 Å². The third-order valence-corrected chi connectivity index (χ3v) is 3.86. The lowest BCUT2D eigenvalue weighted by Crippen LogP contribution is -2.26. The van der Waals surface area contributed by atoms with Crippen LogP contribution in [0.15, 0.2) is 48.5 Å². The first-order valence-electron chi connectivity index (χ1n) is 8.06. The Hall–Kier alpha value is -3.02. The van der Waals surface area contributed by atoms with E-state index in [1.165, 1.54) is 0 Å². The van der Waals surface area contributed by atoms with Gasteiger partial charge in [-0.15, -0.1) is 0 Å². The lowest BCUT2D eigenvalue weighted by molar-refractivity contribution is -0.121. The van der Waals surface area contributed by atoms with Crippen LogP contribution in [-0.4, -0.2) is 19.0 Å². The number of nitrogens with two attached hydrogens (primary N) is 1. The normalized spacial score (nSPS) is 11.4. The van der Waals surface area contributed by atoms with Gasteiger partial charge in [0, 0.05) is 12.1 Å². The fraction of sp³-hybridized carbons (Fsp3) is 0.263. The van der Waals surface area contributed by atoms with Gasteiger partial charge in [-0.05, 0) is 48.7 Å². The minimum absolute atomic E-state index is 0.0114. The lowest BCUT2D eigenvalue weighted by atomic mass is 10.1. The molecule has 25 heavy (non-hydrogen) atoms. The Balaban J connectivity index is 1.83. The van der Waals surface area contributed by atoms with Crippen LogP contribution in [0.5, 0.6) is 5.75 Å². The van der Waals surface area contributed by atoms with Crippen molar-refractivity contribution in [2.24, 2.45) is 5.73 Å². The van der Waals surface area contributed by atoms with Crippen LogP contribution in [0.2, 0.25) is 0 Å². The molecule has 0 aliphatic carbocycles. The molecule has 1 unspecified atom stereocenters. The first-order valence-corrected chi connectivity index (χ1v) is 8.06. The molecule has 0 saturated heterocycles. The van der Waals surface area contributed by atoms with Crippen LogP contribution in [0.25, 0.3) is 0 Å². The molecule has 0 bridgehead atoms. The van der Waals surface area contributed by atoms with E-state index in [1.807, 2.05) is 43.3 Å². The van der Waals surface area contributed by atoms with Gasteiger partial charge < -0.3 is 21.1 Å². The zero-order valence-corrected chi connectivity index (χ0v) is 14.4. The molecule has 0 saturated carbocycles. The number of ether oxygens (including phenoxy) is 1. The SMILES string of the molecule is COc1ccc(CCC(=O)NC(C)c2ccc(NC(N)=O)cc2)cc1. The summed E-state index contributed by atoms with van der Waals surface area (Å²) in [6.45, 7) is 1.92. The van der Waals surface area contributed by atoms with E-state index in [9.17, 15) is 9.59 Å². The molecule has 2 rings (SSSR count). The molecule has 132 valence electrons. The van der Waals surface area contributed by atoms with Crippen molar-refractivity contribution >= 4 is 17.6 Å². The molecule has 0 aliphatic rings. The second-order valence-electron chi connectivity index (χ2n) is 5.75. The lowest BCUT2D eigenvalue weighted by Gasteiger charge is -2.15. The van der Waals surface area contributed by atoms with E-state index in [-0.39, 0.29) is 11.9 Å². The standard InChI is InChI=1S/C19H23N3O3/c1-13(15-6-8-16(9-7-15)22-19(20)24)21-18(23)12-5-14-3-10-17(25-2)11-4-14/h3-4,6-11,13H,5,12H2,1-2H3,(H,21,23)(H3,20,22,24). The zero-order valence-electron chi connectivity index (χ0n) is 14.4. The van der Waals surface area contributed by atoms with Crippen LogP contribution in [0.1, 0.15) is 30.5 Å². The molecule has 0 radical (unpaired) electrons. The van der Waals surface area contributed by atoms with E-state index in [0.29, 0.717) is 18.5 Å². The van der Waals surface area contributed by atoms with Gasteiger partial charge in [0.25, 0.3) is 0 Å². The number of amides is 3. The third kappa shape index (κ3) is 5.84. The van der Waals surface area contributed by atoms with Crippen molar-refractivity contribution in [3.8, 4) is 5.75 Å². The number of urea groups is 1. The molecule has 1 atom stereocenters. The van der Waals surface area contributed by atoms with Crippen molar-refractivity contribution in [2.75, 3.05) is 12.4 Å². The van der Waals surface area contributed by atoms with Crippen LogP contribution in [0, 0.1) is 0 Å². The first kappa shape index (κ1) is 18.3. The van der Waals surface area contributed by atoms with E-state index in [0.717, 1.165) is 16.9 Å². The number of hydrogen-bond donors (Lipinski definition) is 3. The maximum atomic E-state index is 12.1. The highest BCUT2D eigenvalue weighted by Crippen LogP contribution is 2.17. The second kappa shape index (κ2) is 8.73. The Morgan fingerprint density at radius 2 is 1.72 bits per heavy atom. The average molecular weight is 341 g/mol. The van der Waals surface area contributed by atoms with Crippen molar-refractivity contribution < 1.29 is 14.3 Å². The van der Waals surface area contributed by atoms with Gasteiger partial charge >= 0.3 is 6.03 Å². The number of benzene rings is 2. The Morgan fingerprint density at radius 3 is 2.28 bits per heavy atom. The van der Waals surface area contributed by atoms with E-state index >= 15 is 0 Å². The topological polar surface area (TPSA) is 93.4 Å². The van der Waals surface area contributed by atoms with Crippen molar-refractivity contribution in [1.29, 1.82) is 0 Å². The molecule has 0 aliphatic heterocycles. The first-order chi connectivity index (χ1) is 12.0. The fourth-order valence-electron chi connectivity index (χ4n) is 2.44. The maximum Gasteiger partial charge on any atom is 0.316 e. The molecule has 6 heteroatoms. The van der Waals surface area contributed by atoms with Crippen LogP contribution in [-0.2, 0) is 11.2 Å². The van der Waals surface area contributed by atoms with Gasteiger partial charge in [-0.2, -0.15) is 0 Å². The molecule has 2 aromatic carbocycles.